The quantitative estimate of drug-likeness (QED) is 0.358. The van der Waals surface area contributed by atoms with Gasteiger partial charge in [-0.15, -0.1) is 0 Å². The van der Waals surface area contributed by atoms with Crippen molar-refractivity contribution < 1.29 is 42.9 Å². The van der Waals surface area contributed by atoms with Crippen LogP contribution in [0.4, 0.5) is 19.2 Å². The fourth-order valence-electron chi connectivity index (χ4n) is 1.00. The third kappa shape index (κ3) is 14.4. The first kappa shape index (κ1) is 22.0. The summed E-state index contributed by atoms with van der Waals surface area (Å²) in [5.74, 6) is 0. The molecule has 140 valence electrons. The van der Waals surface area contributed by atoms with E-state index in [4.69, 9.17) is 4.74 Å². The fourth-order valence-corrected chi connectivity index (χ4v) is 1.00. The van der Waals surface area contributed by atoms with E-state index in [-0.39, 0.29) is 39.6 Å². The largest absolute Gasteiger partial charge is 0.452 e. The highest BCUT2D eigenvalue weighted by molar-refractivity contribution is 5.73. The van der Waals surface area contributed by atoms with Crippen molar-refractivity contribution in [3.05, 3.63) is 0 Å². The van der Waals surface area contributed by atoms with Gasteiger partial charge in [0.05, 0.1) is 26.4 Å². The number of hydrogen-bond donors (Lipinski definition) is 0. The summed E-state index contributed by atoms with van der Waals surface area (Å²) in [6, 6.07) is 0. The highest BCUT2D eigenvalue weighted by Gasteiger charge is 2.04. The average Bonchev–Trinajstić information content (AvgIpc) is 2.58. The van der Waals surface area contributed by atoms with E-state index >= 15 is 0 Å². The molecule has 0 spiro atoms. The van der Waals surface area contributed by atoms with Gasteiger partial charge in [0, 0.05) is 0 Å². The number of hydrogen-bond acceptors (Lipinski definition) is 9. The Hall–Kier alpha value is -2.96. The van der Waals surface area contributed by atoms with Crippen LogP contribution in [0.15, 0.2) is 20.5 Å². The summed E-state index contributed by atoms with van der Waals surface area (Å²) in [6.07, 6.45) is -4.17. The highest BCUT2D eigenvalue weighted by atomic mass is 16.6. The van der Waals surface area contributed by atoms with Gasteiger partial charge in [-0.25, -0.2) is 19.2 Å². The van der Waals surface area contributed by atoms with E-state index in [9.17, 15) is 19.2 Å². The lowest BCUT2D eigenvalue weighted by Crippen LogP contribution is -2.12. The third-order valence-corrected chi connectivity index (χ3v) is 1.87. The van der Waals surface area contributed by atoms with Crippen molar-refractivity contribution in [2.75, 3.05) is 39.6 Å². The summed E-state index contributed by atoms with van der Waals surface area (Å²) >= 11 is 0. The summed E-state index contributed by atoms with van der Waals surface area (Å²) in [7, 11) is 0. The molecule has 0 unspecified atom stereocenters. The number of rotatable bonds is 8. The van der Waals surface area contributed by atoms with E-state index in [0.717, 1.165) is 0 Å². The summed E-state index contributed by atoms with van der Waals surface area (Å²) in [4.78, 5) is 43.6. The lowest BCUT2D eigenvalue weighted by atomic mass is 10.7. The Balaban J connectivity index is 3.64. The van der Waals surface area contributed by atoms with Crippen molar-refractivity contribution in [2.45, 2.75) is 13.8 Å². The first-order chi connectivity index (χ1) is 12.0. The van der Waals surface area contributed by atoms with Crippen molar-refractivity contribution in [1.29, 1.82) is 0 Å². The van der Waals surface area contributed by atoms with Crippen LogP contribution in [0.2, 0.25) is 0 Å². The van der Waals surface area contributed by atoms with Crippen LogP contribution in [-0.4, -0.2) is 64.0 Å². The lowest BCUT2D eigenvalue weighted by molar-refractivity contribution is 0.0488. The van der Waals surface area contributed by atoms with E-state index in [1.54, 1.807) is 13.8 Å². The second-order valence-corrected chi connectivity index (χ2v) is 3.64. The minimum Gasteiger partial charge on any atom is -0.447 e. The number of amides is 4. The molecule has 0 aromatic carbocycles. The van der Waals surface area contributed by atoms with Gasteiger partial charge in [-0.05, 0) is 13.8 Å². The Morgan fingerprint density at radius 3 is 1.20 bits per heavy atom. The van der Waals surface area contributed by atoms with Crippen LogP contribution in [0.3, 0.4) is 0 Å². The number of carbonyl (C=O) groups excluding carboxylic acids is 4. The Morgan fingerprint density at radius 2 is 0.880 bits per heavy atom. The van der Waals surface area contributed by atoms with E-state index in [0.29, 0.717) is 0 Å². The van der Waals surface area contributed by atoms with Gasteiger partial charge >= 0.3 is 24.4 Å². The molecule has 0 atom stereocenters. The van der Waals surface area contributed by atoms with Gasteiger partial charge in [0.25, 0.3) is 0 Å². The summed E-state index contributed by atoms with van der Waals surface area (Å²) < 4.78 is 22.9. The van der Waals surface area contributed by atoms with Crippen LogP contribution < -0.4 is 0 Å². The minimum atomic E-state index is -1.08. The van der Waals surface area contributed by atoms with Gasteiger partial charge < -0.3 is 23.7 Å². The molecule has 0 saturated heterocycles. The van der Waals surface area contributed by atoms with Gasteiger partial charge in [-0.1, -0.05) is 20.5 Å². The van der Waals surface area contributed by atoms with Crippen molar-refractivity contribution in [3.8, 4) is 0 Å². The average molecular weight is 362 g/mol. The highest BCUT2D eigenvalue weighted by Crippen LogP contribution is 1.92. The predicted molar refractivity (Wildman–Crippen MR) is 77.3 cm³/mol. The smallest absolute Gasteiger partial charge is 0.447 e. The van der Waals surface area contributed by atoms with Crippen molar-refractivity contribution in [2.24, 2.45) is 20.5 Å². The third-order valence-electron chi connectivity index (χ3n) is 1.87. The van der Waals surface area contributed by atoms with Gasteiger partial charge in [-0.3, -0.25) is 0 Å². The number of ether oxygens (including phenoxy) is 5. The zero-order valence-corrected chi connectivity index (χ0v) is 13.7. The molecule has 0 aromatic rings. The monoisotopic (exact) mass is 362 g/mol. The van der Waals surface area contributed by atoms with Gasteiger partial charge in [-0.2, -0.15) is 0 Å². The topological polar surface area (TPSA) is 164 Å². The van der Waals surface area contributed by atoms with Crippen LogP contribution in [0.5, 0.6) is 0 Å². The molecule has 13 nitrogen and oxygen atoms in total. The molecule has 4 amide bonds. The standard InChI is InChI=1S/C12H18N4O9/c1-3-22-9(17)13-15-11(19)24-7-5-21-6-8-25-12(20)16-14-10(18)23-4-2/h3-8H2,1-2H3/b15-13+,16-14+. The van der Waals surface area contributed by atoms with Crippen LogP contribution in [0.1, 0.15) is 13.8 Å². The molecule has 0 saturated carbocycles. The van der Waals surface area contributed by atoms with E-state index in [2.05, 4.69) is 39.4 Å². The van der Waals surface area contributed by atoms with Gasteiger partial charge in [0.15, 0.2) is 0 Å². The summed E-state index contributed by atoms with van der Waals surface area (Å²) in [5.41, 5.74) is 0. The molecule has 0 aliphatic rings. The molecule has 0 aromatic heterocycles. The van der Waals surface area contributed by atoms with Crippen LogP contribution >= 0.6 is 0 Å². The summed E-state index contributed by atoms with van der Waals surface area (Å²) in [5, 5.41) is 11.8. The molecule has 0 aliphatic carbocycles. The lowest BCUT2D eigenvalue weighted by Gasteiger charge is -2.03. The maximum Gasteiger partial charge on any atom is 0.452 e. The Labute approximate surface area is 142 Å². The normalized spacial score (nSPS) is 10.6. The molecule has 0 rings (SSSR count). The van der Waals surface area contributed by atoms with Gasteiger partial charge in [0.1, 0.15) is 13.2 Å². The van der Waals surface area contributed by atoms with Crippen LogP contribution in [0, 0.1) is 0 Å². The Kier molecular flexibility index (Phi) is 12.9. The summed E-state index contributed by atoms with van der Waals surface area (Å²) in [6.45, 7) is 3.03. The van der Waals surface area contributed by atoms with Crippen molar-refractivity contribution >= 4 is 24.4 Å². The van der Waals surface area contributed by atoms with Crippen LogP contribution in [0.25, 0.3) is 0 Å². The van der Waals surface area contributed by atoms with Crippen molar-refractivity contribution in [1.82, 2.24) is 0 Å². The zero-order chi connectivity index (χ0) is 18.9. The molecule has 0 aliphatic heterocycles. The number of nitrogens with zero attached hydrogens (tertiary/aromatic N) is 4. The first-order valence-electron chi connectivity index (χ1n) is 7.07. The van der Waals surface area contributed by atoms with E-state index in [1.165, 1.54) is 0 Å². The molecule has 0 N–H and O–H groups in total. The molecule has 0 fully saturated rings. The Bertz CT molecular complexity index is 463. The number of azo groups is 2. The molecule has 0 heterocycles. The molecule has 0 radical (unpaired) electrons. The second-order valence-electron chi connectivity index (χ2n) is 3.64. The molecular formula is C12H18N4O9. The second kappa shape index (κ2) is 14.6. The minimum absolute atomic E-state index is 0.0113. The fraction of sp³-hybridized carbons (Fsp3) is 0.667. The van der Waals surface area contributed by atoms with E-state index < -0.39 is 24.4 Å². The number of carbonyl (C=O) groups is 4. The zero-order valence-electron chi connectivity index (χ0n) is 13.7. The molecule has 13 heteroatoms. The Morgan fingerprint density at radius 1 is 0.560 bits per heavy atom. The SMILES string of the molecule is CCOC(=O)/N=N/C(=O)OCCOCCOC(=O)/N=N/C(=O)OCC. The molecule has 0 bridgehead atoms. The molecular weight excluding hydrogens is 344 g/mol. The van der Waals surface area contributed by atoms with Gasteiger partial charge in [0.2, 0.25) is 0 Å². The first-order valence-corrected chi connectivity index (χ1v) is 7.07. The molecule has 25 heavy (non-hydrogen) atoms. The predicted octanol–water partition coefficient (Wildman–Crippen LogP) is 2.49. The maximum absolute atomic E-state index is 11.0. The van der Waals surface area contributed by atoms with E-state index in [1.807, 2.05) is 0 Å². The maximum atomic E-state index is 11.0. The van der Waals surface area contributed by atoms with Crippen LogP contribution in [-0.2, 0) is 23.7 Å². The van der Waals surface area contributed by atoms with Crippen molar-refractivity contribution in [3.63, 3.8) is 0 Å².